The maximum atomic E-state index is 13.5. The molecule has 4 heteroatoms. The van der Waals surface area contributed by atoms with Crippen molar-refractivity contribution in [3.05, 3.63) is 77.0 Å². The summed E-state index contributed by atoms with van der Waals surface area (Å²) in [6, 6.07) is 18.0. The Balaban J connectivity index is 1.86. The molecule has 2 aromatic carbocycles. The van der Waals surface area contributed by atoms with Crippen LogP contribution in [0.5, 0.6) is 0 Å². The number of amides is 2. The van der Waals surface area contributed by atoms with Crippen molar-refractivity contribution in [2.45, 2.75) is 65.8 Å². The average Bonchev–Trinajstić information content (AvgIpc) is 3.05. The Hall–Kier alpha value is -2.88. The lowest BCUT2D eigenvalue weighted by molar-refractivity contribution is -0.137. The van der Waals surface area contributed by atoms with Gasteiger partial charge in [0.25, 0.3) is 11.8 Å². The van der Waals surface area contributed by atoms with E-state index in [1.54, 1.807) is 0 Å². The van der Waals surface area contributed by atoms with Crippen molar-refractivity contribution in [1.82, 2.24) is 9.80 Å². The van der Waals surface area contributed by atoms with Crippen LogP contribution in [0.1, 0.15) is 69.1 Å². The first kappa shape index (κ1) is 23.8. The third-order valence-electron chi connectivity index (χ3n) is 6.13. The fourth-order valence-corrected chi connectivity index (χ4v) is 4.24. The zero-order valence-electron chi connectivity index (χ0n) is 19.8. The molecule has 0 saturated carbocycles. The zero-order chi connectivity index (χ0) is 22.9. The Labute approximate surface area is 192 Å². The van der Waals surface area contributed by atoms with Crippen LogP contribution in [-0.4, -0.2) is 34.7 Å². The fourth-order valence-electron chi connectivity index (χ4n) is 4.24. The molecule has 0 fully saturated rings. The minimum Gasteiger partial charge on any atom is -0.362 e. The Kier molecular flexibility index (Phi) is 8.66. The van der Waals surface area contributed by atoms with Gasteiger partial charge in [0.15, 0.2) is 0 Å². The highest BCUT2D eigenvalue weighted by Gasteiger charge is 2.40. The maximum absolute atomic E-state index is 13.5. The Bertz CT molecular complexity index is 932. The van der Waals surface area contributed by atoms with Crippen LogP contribution in [-0.2, 0) is 16.1 Å². The fraction of sp³-hybridized carbons (Fsp3) is 0.429. The lowest BCUT2D eigenvalue weighted by atomic mass is 10.0. The monoisotopic (exact) mass is 432 g/mol. The van der Waals surface area contributed by atoms with Gasteiger partial charge in [0.1, 0.15) is 5.70 Å². The average molecular weight is 433 g/mol. The number of unbranched alkanes of at least 4 members (excludes halogenated alkanes) is 5. The first-order valence-corrected chi connectivity index (χ1v) is 12.0. The van der Waals surface area contributed by atoms with Crippen LogP contribution in [0.15, 0.2) is 60.3 Å². The summed E-state index contributed by atoms with van der Waals surface area (Å²) in [6.45, 7) is 8.02. The number of imide groups is 1. The van der Waals surface area contributed by atoms with E-state index in [2.05, 4.69) is 19.1 Å². The van der Waals surface area contributed by atoms with Gasteiger partial charge in [-0.15, -0.1) is 0 Å². The Morgan fingerprint density at radius 2 is 1.44 bits per heavy atom. The normalized spacial score (nSPS) is 13.9. The van der Waals surface area contributed by atoms with E-state index in [-0.39, 0.29) is 11.8 Å². The van der Waals surface area contributed by atoms with Gasteiger partial charge < -0.3 is 4.90 Å². The number of likely N-dealkylation sites (N-methyl/N-ethyl adjacent to an activating group) is 1. The molecule has 0 saturated heterocycles. The molecule has 0 atom stereocenters. The molecule has 0 unspecified atom stereocenters. The molecule has 0 spiro atoms. The molecule has 2 amide bonds. The van der Waals surface area contributed by atoms with Crippen LogP contribution >= 0.6 is 0 Å². The first-order chi connectivity index (χ1) is 15.6. The van der Waals surface area contributed by atoms with Gasteiger partial charge in [0.2, 0.25) is 0 Å². The van der Waals surface area contributed by atoms with Crippen molar-refractivity contribution in [1.29, 1.82) is 0 Å². The number of benzene rings is 2. The topological polar surface area (TPSA) is 40.6 Å². The van der Waals surface area contributed by atoms with Gasteiger partial charge in [-0.25, -0.2) is 0 Å². The van der Waals surface area contributed by atoms with Crippen LogP contribution in [0.2, 0.25) is 0 Å². The summed E-state index contributed by atoms with van der Waals surface area (Å²) in [6.07, 6.45) is 6.75. The molecule has 1 aliphatic rings. The summed E-state index contributed by atoms with van der Waals surface area (Å²) in [5, 5.41) is 0. The molecule has 1 heterocycles. The number of hydrogen-bond donors (Lipinski definition) is 0. The number of rotatable bonds is 12. The minimum atomic E-state index is -0.158. The van der Waals surface area contributed by atoms with Crippen molar-refractivity contribution >= 4 is 17.4 Å². The van der Waals surface area contributed by atoms with Crippen LogP contribution in [0, 0.1) is 6.92 Å². The van der Waals surface area contributed by atoms with E-state index in [1.165, 1.54) is 24.2 Å². The van der Waals surface area contributed by atoms with Gasteiger partial charge in [0.05, 0.1) is 5.57 Å². The molecule has 32 heavy (non-hydrogen) atoms. The lowest BCUT2D eigenvalue weighted by Gasteiger charge is -2.25. The Morgan fingerprint density at radius 1 is 0.781 bits per heavy atom. The second-order valence-electron chi connectivity index (χ2n) is 8.62. The van der Waals surface area contributed by atoms with Crippen molar-refractivity contribution in [3.8, 4) is 0 Å². The number of nitrogens with zero attached hydrogens (tertiary/aromatic N) is 2. The quantitative estimate of drug-likeness (QED) is 0.307. The molecule has 3 rings (SSSR count). The van der Waals surface area contributed by atoms with Crippen LogP contribution in [0.3, 0.4) is 0 Å². The largest absolute Gasteiger partial charge is 0.362 e. The summed E-state index contributed by atoms with van der Waals surface area (Å²) < 4.78 is 0. The molecule has 0 radical (unpaired) electrons. The Morgan fingerprint density at radius 3 is 2.09 bits per heavy atom. The van der Waals surface area contributed by atoms with Crippen molar-refractivity contribution < 1.29 is 9.59 Å². The zero-order valence-corrected chi connectivity index (χ0v) is 19.8. The van der Waals surface area contributed by atoms with E-state index in [1.807, 2.05) is 61.2 Å². The van der Waals surface area contributed by atoms with E-state index in [9.17, 15) is 9.59 Å². The highest BCUT2D eigenvalue weighted by atomic mass is 16.2. The maximum Gasteiger partial charge on any atom is 0.277 e. The van der Waals surface area contributed by atoms with Crippen LogP contribution < -0.4 is 0 Å². The summed E-state index contributed by atoms with van der Waals surface area (Å²) in [5.74, 6) is -0.314. The number of aryl methyl sites for hydroxylation is 1. The van der Waals surface area contributed by atoms with E-state index < -0.39 is 0 Å². The van der Waals surface area contributed by atoms with Gasteiger partial charge in [-0.05, 0) is 31.4 Å². The molecule has 170 valence electrons. The van der Waals surface area contributed by atoms with Gasteiger partial charge in [-0.3, -0.25) is 14.5 Å². The highest BCUT2D eigenvalue weighted by molar-refractivity contribution is 6.35. The van der Waals surface area contributed by atoms with Gasteiger partial charge in [0, 0.05) is 19.6 Å². The molecule has 0 aliphatic carbocycles. The van der Waals surface area contributed by atoms with E-state index in [4.69, 9.17) is 0 Å². The first-order valence-electron chi connectivity index (χ1n) is 12.0. The van der Waals surface area contributed by atoms with E-state index in [0.717, 1.165) is 36.0 Å². The number of carbonyl (C=O) groups excluding carboxylic acids is 2. The molecule has 4 nitrogen and oxygen atoms in total. The second kappa shape index (κ2) is 11.7. The van der Waals surface area contributed by atoms with Gasteiger partial charge in [-0.1, -0.05) is 99.2 Å². The predicted octanol–water partition coefficient (Wildman–Crippen LogP) is 5.96. The minimum absolute atomic E-state index is 0.156. The molecule has 0 bridgehead atoms. The summed E-state index contributed by atoms with van der Waals surface area (Å²) in [7, 11) is 0. The second-order valence-corrected chi connectivity index (χ2v) is 8.62. The summed E-state index contributed by atoms with van der Waals surface area (Å²) >= 11 is 0. The molecule has 1 aliphatic heterocycles. The van der Waals surface area contributed by atoms with Crippen LogP contribution in [0.4, 0.5) is 0 Å². The van der Waals surface area contributed by atoms with E-state index >= 15 is 0 Å². The molecule has 2 aromatic rings. The van der Waals surface area contributed by atoms with Gasteiger partial charge >= 0.3 is 0 Å². The highest BCUT2D eigenvalue weighted by Crippen LogP contribution is 2.33. The predicted molar refractivity (Wildman–Crippen MR) is 131 cm³/mol. The van der Waals surface area contributed by atoms with Crippen molar-refractivity contribution in [3.63, 3.8) is 0 Å². The third kappa shape index (κ3) is 5.67. The smallest absolute Gasteiger partial charge is 0.277 e. The van der Waals surface area contributed by atoms with Crippen LogP contribution in [0.25, 0.3) is 5.57 Å². The van der Waals surface area contributed by atoms with E-state index in [0.29, 0.717) is 30.9 Å². The van der Waals surface area contributed by atoms with Gasteiger partial charge in [-0.2, -0.15) is 0 Å². The molecular weight excluding hydrogens is 396 g/mol. The standard InChI is InChI=1S/C28H36N2O2/c1-4-6-7-8-9-13-20-30-27(31)25(24-18-16-22(3)17-19-24)26(28(30)32)29(5-2)21-23-14-11-10-12-15-23/h10-12,14-19H,4-9,13,20-21H2,1-3H3. The molecule has 0 aromatic heterocycles. The summed E-state index contributed by atoms with van der Waals surface area (Å²) in [5.41, 5.74) is 4.16. The number of hydrogen-bond acceptors (Lipinski definition) is 3. The van der Waals surface area contributed by atoms with Crippen molar-refractivity contribution in [2.75, 3.05) is 13.1 Å². The lowest BCUT2D eigenvalue weighted by Crippen LogP contribution is -2.35. The summed E-state index contributed by atoms with van der Waals surface area (Å²) in [4.78, 5) is 30.5. The third-order valence-corrected chi connectivity index (χ3v) is 6.13. The van der Waals surface area contributed by atoms with Crippen molar-refractivity contribution in [2.24, 2.45) is 0 Å². The number of carbonyl (C=O) groups is 2. The SMILES string of the molecule is CCCCCCCCN1C(=O)C(c2ccc(C)cc2)=C(N(CC)Cc2ccccc2)C1=O. The molecular formula is C28H36N2O2. The molecule has 0 N–H and O–H groups in total.